The molecule has 1 aromatic heterocycles. The average molecular weight is 292 g/mol. The summed E-state index contributed by atoms with van der Waals surface area (Å²) < 4.78 is 20.6. The zero-order chi connectivity index (χ0) is 15.2. The third-order valence-electron chi connectivity index (χ3n) is 2.88. The molecule has 7 heteroatoms. The summed E-state index contributed by atoms with van der Waals surface area (Å²) in [5, 5.41) is 2.93. The number of esters is 1. The van der Waals surface area contributed by atoms with Gasteiger partial charge < -0.3 is 20.4 Å². The summed E-state index contributed by atoms with van der Waals surface area (Å²) in [4.78, 5) is 15.6. The van der Waals surface area contributed by atoms with Gasteiger partial charge in [-0.1, -0.05) is 0 Å². The highest BCUT2D eigenvalue weighted by Crippen LogP contribution is 2.23. The third kappa shape index (κ3) is 3.71. The molecular weight excluding hydrogens is 275 g/mol. The summed E-state index contributed by atoms with van der Waals surface area (Å²) >= 11 is 0. The number of carbonyl (C=O) groups is 1. The molecule has 0 atom stereocenters. The number of rotatable bonds is 6. The van der Waals surface area contributed by atoms with E-state index in [0.29, 0.717) is 13.1 Å². The lowest BCUT2D eigenvalue weighted by molar-refractivity contribution is 0.0527. The Morgan fingerprint density at radius 2 is 2.33 bits per heavy atom. The van der Waals surface area contributed by atoms with Gasteiger partial charge in [-0.25, -0.2) is 14.2 Å². The predicted molar refractivity (Wildman–Crippen MR) is 77.5 cm³/mol. The largest absolute Gasteiger partial charge is 0.462 e. The molecule has 0 aliphatic rings. The Bertz CT molecular complexity index is 614. The summed E-state index contributed by atoms with van der Waals surface area (Å²) in [6, 6.07) is 2.49. The minimum atomic E-state index is -0.562. The number of hydrogen-bond donors (Lipinski definition) is 2. The number of nitrogens with one attached hydrogen (secondary N) is 1. The monoisotopic (exact) mass is 292 g/mol. The summed E-state index contributed by atoms with van der Waals surface area (Å²) in [5.74, 6) is -1.07. The highest BCUT2D eigenvalue weighted by molar-refractivity contribution is 5.96. The number of aromatic nitrogens is 2. The minimum absolute atomic E-state index is 0.0612. The third-order valence-corrected chi connectivity index (χ3v) is 2.88. The Kier molecular flexibility index (Phi) is 4.76. The normalized spacial score (nSPS) is 10.4. The van der Waals surface area contributed by atoms with Crippen LogP contribution in [0.4, 0.5) is 15.8 Å². The second-order valence-corrected chi connectivity index (χ2v) is 4.37. The minimum Gasteiger partial charge on any atom is -0.462 e. The van der Waals surface area contributed by atoms with Gasteiger partial charge in [0.25, 0.3) is 0 Å². The molecule has 0 unspecified atom stereocenters. The number of anilines is 2. The molecule has 2 rings (SSSR count). The van der Waals surface area contributed by atoms with Crippen LogP contribution in [-0.4, -0.2) is 28.7 Å². The lowest BCUT2D eigenvalue weighted by Crippen LogP contribution is -2.13. The molecule has 0 fully saturated rings. The zero-order valence-electron chi connectivity index (χ0n) is 11.7. The summed E-state index contributed by atoms with van der Waals surface area (Å²) in [6.45, 7) is 3.04. The highest BCUT2D eigenvalue weighted by Gasteiger charge is 2.15. The Morgan fingerprint density at radius 1 is 1.52 bits per heavy atom. The molecule has 3 N–H and O–H groups in total. The second-order valence-electron chi connectivity index (χ2n) is 4.37. The number of hydrogen-bond acceptors (Lipinski definition) is 5. The first-order chi connectivity index (χ1) is 10.1. The lowest BCUT2D eigenvalue weighted by atomic mass is 10.1. The van der Waals surface area contributed by atoms with E-state index in [1.807, 2.05) is 10.8 Å². The first-order valence-corrected chi connectivity index (χ1v) is 6.57. The molecule has 112 valence electrons. The van der Waals surface area contributed by atoms with E-state index in [1.165, 1.54) is 6.07 Å². The first kappa shape index (κ1) is 14.8. The molecule has 0 aliphatic heterocycles. The van der Waals surface area contributed by atoms with Crippen LogP contribution >= 0.6 is 0 Å². The van der Waals surface area contributed by atoms with Crippen molar-refractivity contribution < 1.29 is 13.9 Å². The maximum atomic E-state index is 13.8. The number of benzene rings is 1. The van der Waals surface area contributed by atoms with Crippen LogP contribution in [0, 0.1) is 5.82 Å². The van der Waals surface area contributed by atoms with Gasteiger partial charge in [0.05, 0.1) is 24.2 Å². The van der Waals surface area contributed by atoms with Crippen molar-refractivity contribution in [3.8, 4) is 0 Å². The van der Waals surface area contributed by atoms with Crippen molar-refractivity contribution >= 4 is 17.3 Å². The van der Waals surface area contributed by atoms with Gasteiger partial charge in [0, 0.05) is 31.2 Å². The second kappa shape index (κ2) is 6.74. The van der Waals surface area contributed by atoms with Gasteiger partial charge in [-0.2, -0.15) is 0 Å². The number of nitrogens with zero attached hydrogens (tertiary/aromatic N) is 2. The highest BCUT2D eigenvalue weighted by atomic mass is 19.1. The molecule has 0 aliphatic carbocycles. The van der Waals surface area contributed by atoms with E-state index in [-0.39, 0.29) is 23.5 Å². The summed E-state index contributed by atoms with van der Waals surface area (Å²) in [5.41, 5.74) is 6.08. The molecule has 1 aromatic carbocycles. The van der Waals surface area contributed by atoms with Gasteiger partial charge in [-0.3, -0.25) is 0 Å². The molecular formula is C14H17FN4O2. The Balaban J connectivity index is 2.07. The summed E-state index contributed by atoms with van der Waals surface area (Å²) in [7, 11) is 0. The maximum Gasteiger partial charge on any atom is 0.340 e. The molecule has 2 aromatic rings. The van der Waals surface area contributed by atoms with Crippen LogP contribution in [0.1, 0.15) is 17.3 Å². The molecule has 0 bridgehead atoms. The first-order valence-electron chi connectivity index (χ1n) is 6.57. The fourth-order valence-corrected chi connectivity index (χ4v) is 1.85. The van der Waals surface area contributed by atoms with E-state index < -0.39 is 11.8 Å². The smallest absolute Gasteiger partial charge is 0.340 e. The average Bonchev–Trinajstić information content (AvgIpc) is 2.94. The topological polar surface area (TPSA) is 82.2 Å². The van der Waals surface area contributed by atoms with Gasteiger partial charge >= 0.3 is 5.97 Å². The van der Waals surface area contributed by atoms with Crippen LogP contribution in [0.3, 0.4) is 0 Å². The Hall–Kier alpha value is -2.57. The van der Waals surface area contributed by atoms with Crippen LogP contribution in [0.25, 0.3) is 0 Å². The fraction of sp³-hybridized carbons (Fsp3) is 0.286. The van der Waals surface area contributed by atoms with Crippen molar-refractivity contribution in [2.75, 3.05) is 24.2 Å². The van der Waals surface area contributed by atoms with Crippen LogP contribution in [0.15, 0.2) is 30.9 Å². The lowest BCUT2D eigenvalue weighted by Gasteiger charge is -2.11. The quantitative estimate of drug-likeness (QED) is 0.627. The van der Waals surface area contributed by atoms with Crippen LogP contribution in [-0.2, 0) is 11.3 Å². The van der Waals surface area contributed by atoms with E-state index in [2.05, 4.69) is 10.3 Å². The maximum absolute atomic E-state index is 13.8. The van der Waals surface area contributed by atoms with Crippen molar-refractivity contribution in [3.05, 3.63) is 42.2 Å². The fourth-order valence-electron chi connectivity index (χ4n) is 1.85. The van der Waals surface area contributed by atoms with E-state index in [9.17, 15) is 9.18 Å². The van der Waals surface area contributed by atoms with E-state index in [4.69, 9.17) is 10.5 Å². The van der Waals surface area contributed by atoms with Crippen LogP contribution in [0.2, 0.25) is 0 Å². The molecule has 21 heavy (non-hydrogen) atoms. The van der Waals surface area contributed by atoms with Crippen molar-refractivity contribution in [1.29, 1.82) is 0 Å². The van der Waals surface area contributed by atoms with E-state index in [1.54, 1.807) is 19.4 Å². The van der Waals surface area contributed by atoms with Crippen molar-refractivity contribution in [1.82, 2.24) is 9.55 Å². The van der Waals surface area contributed by atoms with Gasteiger partial charge in [0.15, 0.2) is 0 Å². The van der Waals surface area contributed by atoms with Crippen molar-refractivity contribution in [2.45, 2.75) is 13.5 Å². The molecule has 0 saturated heterocycles. The molecule has 0 saturated carbocycles. The molecule has 0 radical (unpaired) electrons. The van der Waals surface area contributed by atoms with Crippen LogP contribution < -0.4 is 11.1 Å². The standard InChI is InChI=1S/C14H17FN4O2/c1-2-21-14(20)10-7-13(11(15)8-12(10)16)18-4-6-19-5-3-17-9-19/h3,5,7-9,18H,2,4,6,16H2,1H3. The number of imidazole rings is 1. The van der Waals surface area contributed by atoms with Gasteiger partial charge in [0.1, 0.15) is 5.82 Å². The molecule has 0 amide bonds. The van der Waals surface area contributed by atoms with Gasteiger partial charge in [-0.15, -0.1) is 0 Å². The molecule has 6 nitrogen and oxygen atoms in total. The Morgan fingerprint density at radius 3 is 3.00 bits per heavy atom. The number of carbonyl (C=O) groups excluding carboxylic acids is 1. The number of nitrogens with two attached hydrogens (primary N) is 1. The Labute approximate surface area is 121 Å². The van der Waals surface area contributed by atoms with Crippen molar-refractivity contribution in [3.63, 3.8) is 0 Å². The number of ether oxygens (including phenoxy) is 1. The zero-order valence-corrected chi connectivity index (χ0v) is 11.7. The number of nitrogen functional groups attached to an aromatic ring is 1. The predicted octanol–water partition coefficient (Wildman–Crippen LogP) is 1.89. The molecule has 0 spiro atoms. The molecule has 1 heterocycles. The van der Waals surface area contributed by atoms with Gasteiger partial charge in [0.2, 0.25) is 0 Å². The van der Waals surface area contributed by atoms with E-state index in [0.717, 1.165) is 6.07 Å². The number of halogens is 1. The summed E-state index contributed by atoms with van der Waals surface area (Å²) in [6.07, 6.45) is 5.15. The van der Waals surface area contributed by atoms with Crippen LogP contribution in [0.5, 0.6) is 0 Å². The SMILES string of the molecule is CCOC(=O)c1cc(NCCn2ccnc2)c(F)cc1N. The van der Waals surface area contributed by atoms with E-state index >= 15 is 0 Å². The van der Waals surface area contributed by atoms with Crippen molar-refractivity contribution in [2.24, 2.45) is 0 Å². The van der Waals surface area contributed by atoms with Gasteiger partial charge in [-0.05, 0) is 19.1 Å².